The zero-order valence-corrected chi connectivity index (χ0v) is 43.6. The van der Waals surface area contributed by atoms with Crippen molar-refractivity contribution in [1.29, 1.82) is 0 Å². The lowest BCUT2D eigenvalue weighted by Gasteiger charge is -2.28. The molecule has 0 saturated carbocycles. The molecule has 0 bridgehead atoms. The molecule has 12 rings (SSSR count). The Kier molecular flexibility index (Phi) is 10.5. The van der Waals surface area contributed by atoms with Crippen molar-refractivity contribution in [3.05, 3.63) is 212 Å². The van der Waals surface area contributed by atoms with E-state index in [-0.39, 0.29) is 0 Å². The fourth-order valence-corrected chi connectivity index (χ4v) is 11.2. The average Bonchev–Trinajstić information content (AvgIpc) is 3.91. The minimum atomic E-state index is 0.825. The van der Waals surface area contributed by atoms with Gasteiger partial charge in [0.1, 0.15) is 22.3 Å². The average molecular weight is 937 g/mol. The molecular weight excluding hydrogens is 877 g/mol. The van der Waals surface area contributed by atoms with Gasteiger partial charge in [-0.25, -0.2) is 0 Å². The molecule has 354 valence electrons. The highest BCUT2D eigenvalue weighted by molar-refractivity contribution is 6.27. The predicted molar refractivity (Wildman–Crippen MR) is 308 cm³/mol. The van der Waals surface area contributed by atoms with E-state index < -0.39 is 0 Å². The lowest BCUT2D eigenvalue weighted by Crippen LogP contribution is -2.12. The van der Waals surface area contributed by atoms with Gasteiger partial charge in [-0.3, -0.25) is 0 Å². The SMILES string of the molecule is Cc1cc(N(c2cc(C)c(C)c(C)c2)c2ccc3cc4c(cc3c2)oc2c4cc(-c3ccccc3)c3oc4cc5cc(N(c6cc(C)c(C)c(C)c6)c6cc(C)c(C)c(C)c6)ccc5cc4c32)cc(C)c1C. The Bertz CT molecular complexity index is 4030. The van der Waals surface area contributed by atoms with Gasteiger partial charge in [0.05, 0.1) is 5.39 Å². The van der Waals surface area contributed by atoms with E-state index >= 15 is 0 Å². The van der Waals surface area contributed by atoms with Gasteiger partial charge in [0.2, 0.25) is 0 Å². The lowest BCUT2D eigenvalue weighted by atomic mass is 9.97. The van der Waals surface area contributed by atoms with Gasteiger partial charge in [0.15, 0.2) is 0 Å². The summed E-state index contributed by atoms with van der Waals surface area (Å²) in [6.07, 6.45) is 0. The second kappa shape index (κ2) is 16.8. The molecule has 0 radical (unpaired) electrons. The van der Waals surface area contributed by atoms with E-state index in [4.69, 9.17) is 8.83 Å². The minimum absolute atomic E-state index is 0.825. The molecule has 0 spiro atoms. The summed E-state index contributed by atoms with van der Waals surface area (Å²) in [4.78, 5) is 4.82. The Hall–Kier alpha value is -8.08. The number of anilines is 6. The summed E-state index contributed by atoms with van der Waals surface area (Å²) in [7, 11) is 0. The highest BCUT2D eigenvalue weighted by atomic mass is 16.3. The Morgan fingerprint density at radius 2 is 0.667 bits per heavy atom. The van der Waals surface area contributed by atoms with Crippen LogP contribution in [0.25, 0.3) is 76.5 Å². The second-order valence-corrected chi connectivity index (χ2v) is 20.8. The van der Waals surface area contributed by atoms with Crippen LogP contribution in [0.3, 0.4) is 0 Å². The summed E-state index contributed by atoms with van der Waals surface area (Å²) in [5.74, 6) is 0. The van der Waals surface area contributed by atoms with Crippen LogP contribution in [0.4, 0.5) is 34.1 Å². The molecule has 0 atom stereocenters. The van der Waals surface area contributed by atoms with Crippen LogP contribution in [0.5, 0.6) is 0 Å². The van der Waals surface area contributed by atoms with Gasteiger partial charge < -0.3 is 18.6 Å². The monoisotopic (exact) mass is 936 g/mol. The van der Waals surface area contributed by atoms with Gasteiger partial charge in [0.25, 0.3) is 0 Å². The van der Waals surface area contributed by atoms with E-state index in [9.17, 15) is 0 Å². The van der Waals surface area contributed by atoms with Crippen molar-refractivity contribution in [2.45, 2.75) is 83.1 Å². The molecule has 4 heteroatoms. The lowest BCUT2D eigenvalue weighted by molar-refractivity contribution is 0.664. The highest BCUT2D eigenvalue weighted by Crippen LogP contribution is 2.48. The maximum Gasteiger partial charge on any atom is 0.147 e. The maximum atomic E-state index is 7.13. The van der Waals surface area contributed by atoms with Gasteiger partial charge in [0, 0.05) is 55.8 Å². The van der Waals surface area contributed by atoms with Crippen molar-refractivity contribution < 1.29 is 8.83 Å². The third-order valence-electron chi connectivity index (χ3n) is 16.3. The predicted octanol–water partition coefficient (Wildman–Crippen LogP) is 20.1. The molecule has 2 aromatic heterocycles. The highest BCUT2D eigenvalue weighted by Gasteiger charge is 2.24. The molecular formula is C68H60N2O2. The van der Waals surface area contributed by atoms with Crippen molar-refractivity contribution in [3.63, 3.8) is 0 Å². The molecule has 2 heterocycles. The van der Waals surface area contributed by atoms with Crippen LogP contribution < -0.4 is 9.80 Å². The zero-order chi connectivity index (χ0) is 50.0. The summed E-state index contributed by atoms with van der Waals surface area (Å²) >= 11 is 0. The van der Waals surface area contributed by atoms with Crippen molar-refractivity contribution in [2.75, 3.05) is 9.80 Å². The van der Waals surface area contributed by atoms with Crippen LogP contribution in [0.2, 0.25) is 0 Å². The number of fused-ring (bicyclic) bond motifs is 9. The number of benzene rings is 10. The summed E-state index contributed by atoms with van der Waals surface area (Å²) in [5, 5.41) is 8.69. The van der Waals surface area contributed by atoms with E-state index in [1.54, 1.807) is 0 Å². The molecule has 0 fully saturated rings. The molecule has 0 aliphatic carbocycles. The molecule has 12 aromatic rings. The fourth-order valence-electron chi connectivity index (χ4n) is 11.2. The number of aryl methyl sites for hydroxylation is 8. The number of rotatable bonds is 7. The maximum absolute atomic E-state index is 7.13. The van der Waals surface area contributed by atoms with Gasteiger partial charge >= 0.3 is 0 Å². The standard InChI is InChI=1S/C68H60N2O2/c1-37-22-56(23-38(2)45(37)9)69(57-24-39(3)46(10)40(4)25-57)54-20-18-50-32-61-62-36-60(49-16-14-13-15-17-49)67-66(68(62)71-64(61)34-52(50)30-54)63-33-51-19-21-55(31-53(51)35-65(63)72-67)70(58-26-41(5)47(11)42(6)27-58)59-28-43(7)48(12)44(8)29-59/h13-36H,1-12H3. The zero-order valence-electron chi connectivity index (χ0n) is 43.6. The third kappa shape index (κ3) is 7.26. The van der Waals surface area contributed by atoms with Crippen molar-refractivity contribution in [3.8, 4) is 11.1 Å². The first kappa shape index (κ1) is 45.1. The molecule has 0 unspecified atom stereocenters. The van der Waals surface area contributed by atoms with E-state index in [0.717, 1.165) is 111 Å². The summed E-state index contributed by atoms with van der Waals surface area (Å²) in [5.41, 5.74) is 27.8. The molecule has 72 heavy (non-hydrogen) atoms. The van der Waals surface area contributed by atoms with E-state index in [1.165, 1.54) is 66.8 Å². The quantitative estimate of drug-likeness (QED) is 0.159. The normalized spacial score (nSPS) is 11.9. The Labute approximate surface area is 422 Å². The number of hydrogen-bond donors (Lipinski definition) is 0. The van der Waals surface area contributed by atoms with Gasteiger partial charge in [-0.05, 0) is 280 Å². The van der Waals surface area contributed by atoms with Crippen LogP contribution in [0.15, 0.2) is 154 Å². The summed E-state index contributed by atoms with van der Waals surface area (Å²) in [6.45, 7) is 26.6. The molecule has 0 N–H and O–H groups in total. The number of hydrogen-bond acceptors (Lipinski definition) is 4. The smallest absolute Gasteiger partial charge is 0.147 e. The summed E-state index contributed by atoms with van der Waals surface area (Å²) in [6, 6.07) is 54.2. The molecule has 0 amide bonds. The van der Waals surface area contributed by atoms with Crippen molar-refractivity contribution in [1.82, 2.24) is 0 Å². The van der Waals surface area contributed by atoms with Crippen LogP contribution in [0, 0.1) is 83.1 Å². The fraction of sp³-hybridized carbons (Fsp3) is 0.176. The molecule has 0 aliphatic rings. The molecule has 4 nitrogen and oxygen atoms in total. The largest absolute Gasteiger partial charge is 0.455 e. The van der Waals surface area contributed by atoms with Gasteiger partial charge in [-0.1, -0.05) is 42.5 Å². The molecule has 10 aromatic carbocycles. The van der Waals surface area contributed by atoms with E-state index in [1.807, 2.05) is 0 Å². The first-order valence-electron chi connectivity index (χ1n) is 25.3. The Morgan fingerprint density at radius 1 is 0.292 bits per heavy atom. The third-order valence-corrected chi connectivity index (χ3v) is 16.3. The molecule has 0 saturated heterocycles. The van der Waals surface area contributed by atoms with Crippen molar-refractivity contribution >= 4 is 99.5 Å². The van der Waals surface area contributed by atoms with E-state index in [2.05, 4.69) is 238 Å². The van der Waals surface area contributed by atoms with Gasteiger partial charge in [-0.2, -0.15) is 0 Å². The topological polar surface area (TPSA) is 32.8 Å². The van der Waals surface area contributed by atoms with Crippen LogP contribution in [-0.2, 0) is 0 Å². The number of furan rings is 2. The first-order chi connectivity index (χ1) is 34.6. The summed E-state index contributed by atoms with van der Waals surface area (Å²) < 4.78 is 14.2. The number of nitrogens with zero attached hydrogens (tertiary/aromatic N) is 2. The first-order valence-corrected chi connectivity index (χ1v) is 25.3. The van der Waals surface area contributed by atoms with Crippen molar-refractivity contribution in [2.24, 2.45) is 0 Å². The van der Waals surface area contributed by atoms with Crippen LogP contribution >= 0.6 is 0 Å². The second-order valence-electron chi connectivity index (χ2n) is 20.8. The van der Waals surface area contributed by atoms with Gasteiger partial charge in [-0.15, -0.1) is 0 Å². The Balaban J connectivity index is 1.05. The Morgan fingerprint density at radius 3 is 1.08 bits per heavy atom. The van der Waals surface area contributed by atoms with Crippen LogP contribution in [0.1, 0.15) is 66.8 Å². The molecule has 0 aliphatic heterocycles. The minimum Gasteiger partial charge on any atom is -0.455 e. The van der Waals surface area contributed by atoms with E-state index in [0.29, 0.717) is 0 Å². The van der Waals surface area contributed by atoms with Crippen LogP contribution in [-0.4, -0.2) is 0 Å².